The molecule has 0 radical (unpaired) electrons. The molecule has 4 aromatic rings. The summed E-state index contributed by atoms with van der Waals surface area (Å²) in [6.45, 7) is 4.76. The number of nitrogens with zero attached hydrogens (tertiary/aromatic N) is 6. The van der Waals surface area contributed by atoms with Crippen molar-refractivity contribution in [2.75, 3.05) is 13.2 Å². The first-order valence-corrected chi connectivity index (χ1v) is 13.4. The van der Waals surface area contributed by atoms with Gasteiger partial charge in [0.1, 0.15) is 17.6 Å². The Hall–Kier alpha value is -2.80. The number of carbonyl (C=O) groups excluding carboxylic acids is 2. The van der Waals surface area contributed by atoms with Crippen LogP contribution in [-0.4, -0.2) is 124 Å². The molecule has 0 saturated carbocycles. The Morgan fingerprint density at radius 3 is 2.50 bits per heavy atom. The van der Waals surface area contributed by atoms with E-state index in [0.717, 1.165) is 52.3 Å². The van der Waals surface area contributed by atoms with Crippen molar-refractivity contribution >= 4 is 71.0 Å². The molecule has 0 saturated heterocycles. The Labute approximate surface area is 287 Å². The molecule has 0 spiro atoms. The van der Waals surface area contributed by atoms with E-state index < -0.39 is 17.9 Å². The van der Waals surface area contributed by atoms with Gasteiger partial charge in [-0.05, 0) is 40.5 Å². The number of esters is 1. The average Bonchev–Trinajstić information content (AvgIpc) is 3.67. The minimum atomic E-state index is -0.794. The van der Waals surface area contributed by atoms with Gasteiger partial charge in [-0.1, -0.05) is 55.5 Å². The van der Waals surface area contributed by atoms with Crippen molar-refractivity contribution in [1.82, 2.24) is 35.1 Å². The van der Waals surface area contributed by atoms with Crippen LogP contribution in [0.2, 0.25) is 0 Å². The van der Waals surface area contributed by atoms with E-state index in [2.05, 4.69) is 56.4 Å². The molecule has 2 aliphatic rings. The molecule has 6 rings (SSSR count). The third-order valence-corrected chi connectivity index (χ3v) is 7.40. The van der Waals surface area contributed by atoms with Crippen LogP contribution in [0, 0.1) is 0 Å². The number of aromatic nitrogens is 6. The van der Waals surface area contributed by atoms with Gasteiger partial charge in [-0.25, -0.2) is 14.9 Å². The van der Waals surface area contributed by atoms with Crippen molar-refractivity contribution < 1.29 is 19.4 Å². The van der Waals surface area contributed by atoms with Crippen LogP contribution < -0.4 is 0 Å². The molecule has 2 N–H and O–H groups in total. The molecule has 1 unspecified atom stereocenters. The Morgan fingerprint density at radius 2 is 1.83 bits per heavy atom. The van der Waals surface area contributed by atoms with Gasteiger partial charge < -0.3 is 19.3 Å². The molecule has 1 atom stereocenters. The number of aliphatic hydroxyl groups is 1. The molecule has 2 aromatic carbocycles. The van der Waals surface area contributed by atoms with Crippen molar-refractivity contribution in [2.24, 2.45) is 0 Å². The Morgan fingerprint density at radius 1 is 1.10 bits per heavy atom. The van der Waals surface area contributed by atoms with E-state index in [0.29, 0.717) is 25.3 Å². The van der Waals surface area contributed by atoms with Crippen molar-refractivity contribution in [3.8, 4) is 22.5 Å². The monoisotopic (exact) mass is 587 g/mol. The number of hydrogen-bond donors (Lipinski definition) is 2. The van der Waals surface area contributed by atoms with E-state index in [1.54, 1.807) is 11.8 Å². The number of imidazole rings is 1. The number of benzene rings is 2. The molecule has 208 valence electrons. The standard InChI is InChI=1S/C29H29N7O4.2Na.2H/c1-3-7-22-30-21-14-15-35-25(26(37)23(28(35)38)29(39)40-4-2)24(21)36(22)16-17-10-12-18(13-11-17)19-8-5-6-9-20(19)27-31-33-34-32-27;;;;/h5-6,8-13,25,37H,3-4,7,14-16H2,1-2H3,(H,31,32,33,34);;;;. The quantitative estimate of drug-likeness (QED) is 0.182. The first kappa shape index (κ1) is 32.1. The van der Waals surface area contributed by atoms with Gasteiger partial charge in [-0.2, -0.15) is 0 Å². The van der Waals surface area contributed by atoms with Crippen LogP contribution in [0.15, 0.2) is 59.9 Å². The van der Waals surface area contributed by atoms with Gasteiger partial charge in [-0.15, -0.1) is 5.10 Å². The summed E-state index contributed by atoms with van der Waals surface area (Å²) in [5, 5.41) is 25.5. The van der Waals surface area contributed by atoms with E-state index in [9.17, 15) is 14.7 Å². The number of aryl methyl sites for hydroxylation is 1. The van der Waals surface area contributed by atoms with Gasteiger partial charge in [0.2, 0.25) is 0 Å². The number of nitrogens with one attached hydrogen (secondary N) is 1. The van der Waals surface area contributed by atoms with Crippen LogP contribution in [0.3, 0.4) is 0 Å². The fraction of sp³-hybridized carbons (Fsp3) is 0.310. The summed E-state index contributed by atoms with van der Waals surface area (Å²) >= 11 is 0. The van der Waals surface area contributed by atoms with Crippen molar-refractivity contribution in [3.05, 3.63) is 82.6 Å². The summed E-state index contributed by atoms with van der Waals surface area (Å²) in [6.07, 6.45) is 2.20. The Bertz CT molecular complexity index is 1620. The second kappa shape index (κ2) is 13.7. The van der Waals surface area contributed by atoms with Crippen LogP contribution >= 0.6 is 0 Å². The third kappa shape index (κ3) is 5.73. The fourth-order valence-electron chi connectivity index (χ4n) is 5.62. The number of H-pyrrole nitrogens is 1. The number of amides is 1. The first-order valence-electron chi connectivity index (χ1n) is 13.4. The molecule has 0 fully saturated rings. The van der Waals surface area contributed by atoms with E-state index in [1.165, 1.54) is 0 Å². The summed E-state index contributed by atoms with van der Waals surface area (Å²) in [5.74, 6) is -0.0623. The normalized spacial score (nSPS) is 15.5. The van der Waals surface area contributed by atoms with E-state index in [4.69, 9.17) is 9.72 Å². The van der Waals surface area contributed by atoms with Gasteiger partial charge in [0.05, 0.1) is 18.0 Å². The summed E-state index contributed by atoms with van der Waals surface area (Å²) in [6, 6.07) is 15.4. The number of carbonyl (C=O) groups is 2. The average molecular weight is 588 g/mol. The summed E-state index contributed by atoms with van der Waals surface area (Å²) < 4.78 is 7.16. The van der Waals surface area contributed by atoms with Gasteiger partial charge in [0.15, 0.2) is 11.4 Å². The zero-order valence-corrected chi connectivity index (χ0v) is 22.3. The van der Waals surface area contributed by atoms with Crippen LogP contribution in [0.5, 0.6) is 0 Å². The minimum absolute atomic E-state index is 0. The fourth-order valence-corrected chi connectivity index (χ4v) is 5.62. The maximum absolute atomic E-state index is 13.1. The summed E-state index contributed by atoms with van der Waals surface area (Å²) in [4.78, 5) is 32.1. The molecule has 11 nitrogen and oxygen atoms in total. The van der Waals surface area contributed by atoms with Gasteiger partial charge >= 0.3 is 65.1 Å². The number of fused-ring (bicyclic) bond motifs is 3. The first-order chi connectivity index (χ1) is 19.5. The molecular formula is C29H31N7Na2O4. The molecule has 2 aliphatic heterocycles. The molecule has 42 heavy (non-hydrogen) atoms. The molecule has 0 bridgehead atoms. The zero-order chi connectivity index (χ0) is 27.8. The van der Waals surface area contributed by atoms with E-state index >= 15 is 0 Å². The number of hydrogen-bond acceptors (Lipinski definition) is 8. The van der Waals surface area contributed by atoms with Crippen LogP contribution in [0.1, 0.15) is 49.1 Å². The Kier molecular flexibility index (Phi) is 10.4. The molecule has 4 heterocycles. The predicted octanol–water partition coefficient (Wildman–Crippen LogP) is 2.25. The van der Waals surface area contributed by atoms with Gasteiger partial charge in [-0.3, -0.25) is 4.79 Å². The molecular weight excluding hydrogens is 556 g/mol. The summed E-state index contributed by atoms with van der Waals surface area (Å²) in [5.41, 5.74) is 5.28. The molecule has 0 aliphatic carbocycles. The van der Waals surface area contributed by atoms with E-state index in [-0.39, 0.29) is 77.1 Å². The SMILES string of the molecule is CCCc1nc2c(n1Cc1ccc(-c3ccccc3-c3nnn[nH]3)cc1)C1C(O)=C(C(=O)OCC)C(=O)N1CC2.[NaH].[NaH]. The molecule has 2 aromatic heterocycles. The van der Waals surface area contributed by atoms with E-state index in [1.807, 2.05) is 24.3 Å². The second-order valence-corrected chi connectivity index (χ2v) is 9.82. The number of tetrazole rings is 1. The van der Waals surface area contributed by atoms with Crippen molar-refractivity contribution in [3.63, 3.8) is 0 Å². The second-order valence-electron chi connectivity index (χ2n) is 9.82. The van der Waals surface area contributed by atoms with Gasteiger partial charge in [0.25, 0.3) is 5.91 Å². The number of aromatic amines is 1. The summed E-state index contributed by atoms with van der Waals surface area (Å²) in [7, 11) is 0. The maximum atomic E-state index is 13.1. The molecule has 1 amide bonds. The Balaban J connectivity index is 0.00000202. The predicted molar refractivity (Wildman–Crippen MR) is 159 cm³/mol. The van der Waals surface area contributed by atoms with Crippen LogP contribution in [-0.2, 0) is 33.7 Å². The topological polar surface area (TPSA) is 139 Å². The van der Waals surface area contributed by atoms with Gasteiger partial charge in [0, 0.05) is 31.5 Å². The number of ether oxygens (including phenoxy) is 1. The number of rotatable bonds is 8. The van der Waals surface area contributed by atoms with Crippen LogP contribution in [0.4, 0.5) is 0 Å². The van der Waals surface area contributed by atoms with Crippen molar-refractivity contribution in [2.45, 2.75) is 45.7 Å². The molecule has 13 heteroatoms. The zero-order valence-electron chi connectivity index (χ0n) is 22.3. The third-order valence-electron chi connectivity index (χ3n) is 7.40. The van der Waals surface area contributed by atoms with Crippen molar-refractivity contribution in [1.29, 1.82) is 0 Å². The number of aliphatic hydroxyl groups excluding tert-OH is 1. The van der Waals surface area contributed by atoms with Crippen LogP contribution in [0.25, 0.3) is 22.5 Å².